The van der Waals surface area contributed by atoms with E-state index in [1.165, 1.54) is 10.6 Å². The van der Waals surface area contributed by atoms with Gasteiger partial charge in [-0.1, -0.05) is 79.7 Å². The first-order chi connectivity index (χ1) is 19.1. The molecule has 0 spiro atoms. The largest absolute Gasteiger partial charge is 0.354 e. The molecular formula is C32H41N3O4S. The molecule has 0 aliphatic heterocycles. The van der Waals surface area contributed by atoms with Crippen molar-refractivity contribution in [1.82, 2.24) is 10.2 Å². The lowest BCUT2D eigenvalue weighted by atomic mass is 10.0. The molecule has 40 heavy (non-hydrogen) atoms. The average molecular weight is 564 g/mol. The Bertz CT molecular complexity index is 1360. The lowest BCUT2D eigenvalue weighted by Crippen LogP contribution is -2.50. The molecule has 8 heteroatoms. The Morgan fingerprint density at radius 1 is 0.875 bits per heavy atom. The molecule has 0 saturated heterocycles. The summed E-state index contributed by atoms with van der Waals surface area (Å²) in [6, 6.07) is 24.2. The number of aryl methyl sites for hydroxylation is 1. The van der Waals surface area contributed by atoms with Crippen LogP contribution in [-0.4, -0.2) is 50.5 Å². The van der Waals surface area contributed by atoms with Crippen LogP contribution in [0, 0.1) is 13.8 Å². The maximum Gasteiger partial charge on any atom is 0.243 e. The third kappa shape index (κ3) is 8.68. The zero-order valence-electron chi connectivity index (χ0n) is 24.0. The number of hydrogen-bond donors (Lipinski definition) is 1. The van der Waals surface area contributed by atoms with Crippen molar-refractivity contribution in [3.05, 3.63) is 101 Å². The van der Waals surface area contributed by atoms with E-state index < -0.39 is 16.1 Å². The number of hydrogen-bond acceptors (Lipinski definition) is 4. The van der Waals surface area contributed by atoms with Gasteiger partial charge in [0.1, 0.15) is 6.04 Å². The Kier molecular flexibility index (Phi) is 11.3. The van der Waals surface area contributed by atoms with Crippen LogP contribution in [0.4, 0.5) is 5.69 Å². The van der Waals surface area contributed by atoms with Gasteiger partial charge in [-0.25, -0.2) is 8.42 Å². The highest BCUT2D eigenvalue weighted by Gasteiger charge is 2.30. The summed E-state index contributed by atoms with van der Waals surface area (Å²) >= 11 is 0. The second-order valence-corrected chi connectivity index (χ2v) is 12.1. The number of carbonyl (C=O) groups excluding carboxylic acids is 2. The summed E-state index contributed by atoms with van der Waals surface area (Å²) in [5.41, 5.74) is 4.39. The molecule has 1 N–H and O–H groups in total. The molecule has 3 aromatic rings. The monoisotopic (exact) mass is 563 g/mol. The number of nitrogens with zero attached hydrogens (tertiary/aromatic N) is 2. The first-order valence-electron chi connectivity index (χ1n) is 13.8. The van der Waals surface area contributed by atoms with Crippen molar-refractivity contribution in [2.45, 2.75) is 59.0 Å². The summed E-state index contributed by atoms with van der Waals surface area (Å²) < 4.78 is 26.8. The third-order valence-corrected chi connectivity index (χ3v) is 8.19. The Hall–Kier alpha value is -3.65. The van der Waals surface area contributed by atoms with Crippen molar-refractivity contribution in [2.75, 3.05) is 23.7 Å². The molecular weight excluding hydrogens is 522 g/mol. The predicted octanol–water partition coefficient (Wildman–Crippen LogP) is 5.02. The van der Waals surface area contributed by atoms with Crippen LogP contribution in [0.2, 0.25) is 0 Å². The number of rotatable bonds is 14. The predicted molar refractivity (Wildman–Crippen MR) is 162 cm³/mol. The highest BCUT2D eigenvalue weighted by Crippen LogP contribution is 2.26. The standard InChI is InChI=1S/C32H41N3O4S/c1-5-21-33-32(37)30(23-27-15-8-6-9-16-27)34(24-28-17-10-7-11-18-28)31(36)20-13-22-35(40(4,38)39)29-19-12-14-25(2)26(29)3/h6-12,14-19,30H,5,13,20-24H2,1-4H3,(H,33,37)/t30-/m1/s1. The van der Waals surface area contributed by atoms with Gasteiger partial charge in [0.2, 0.25) is 21.8 Å². The fourth-order valence-electron chi connectivity index (χ4n) is 4.69. The summed E-state index contributed by atoms with van der Waals surface area (Å²) in [7, 11) is -3.56. The van der Waals surface area contributed by atoms with Crippen LogP contribution < -0.4 is 9.62 Å². The molecule has 3 rings (SSSR count). The van der Waals surface area contributed by atoms with Crippen LogP contribution in [0.3, 0.4) is 0 Å². The van der Waals surface area contributed by atoms with E-state index >= 15 is 0 Å². The third-order valence-electron chi connectivity index (χ3n) is 7.01. The minimum Gasteiger partial charge on any atom is -0.354 e. The SMILES string of the molecule is CCCNC(=O)[C@@H](Cc1ccccc1)N(Cc1ccccc1)C(=O)CCCN(c1cccc(C)c1C)S(C)(=O)=O. The summed E-state index contributed by atoms with van der Waals surface area (Å²) in [6.45, 7) is 6.81. The van der Waals surface area contributed by atoms with E-state index in [2.05, 4.69) is 5.32 Å². The number of benzene rings is 3. The minimum absolute atomic E-state index is 0.107. The number of sulfonamides is 1. The van der Waals surface area contributed by atoms with Gasteiger partial charge >= 0.3 is 0 Å². The smallest absolute Gasteiger partial charge is 0.243 e. The molecule has 0 aliphatic carbocycles. The van der Waals surface area contributed by atoms with Gasteiger partial charge in [0, 0.05) is 32.5 Å². The van der Waals surface area contributed by atoms with E-state index in [1.54, 1.807) is 11.0 Å². The van der Waals surface area contributed by atoms with Gasteiger partial charge < -0.3 is 10.2 Å². The summed E-state index contributed by atoms with van der Waals surface area (Å²) in [6.07, 6.45) is 2.78. The molecule has 0 heterocycles. The van der Waals surface area contributed by atoms with Crippen LogP contribution >= 0.6 is 0 Å². The van der Waals surface area contributed by atoms with E-state index in [-0.39, 0.29) is 31.3 Å². The quantitative estimate of drug-likeness (QED) is 0.299. The molecule has 214 valence electrons. The van der Waals surface area contributed by atoms with Crippen LogP contribution in [0.5, 0.6) is 0 Å². The number of anilines is 1. The highest BCUT2D eigenvalue weighted by atomic mass is 32.2. The molecule has 2 amide bonds. The van der Waals surface area contributed by atoms with Crippen molar-refractivity contribution >= 4 is 27.5 Å². The number of amides is 2. The first kappa shape index (κ1) is 30.9. The zero-order chi connectivity index (χ0) is 29.1. The summed E-state index contributed by atoms with van der Waals surface area (Å²) in [5.74, 6) is -0.381. The lowest BCUT2D eigenvalue weighted by molar-refractivity contribution is -0.141. The maximum absolute atomic E-state index is 13.8. The van der Waals surface area contributed by atoms with Gasteiger partial charge in [-0.2, -0.15) is 0 Å². The fourth-order valence-corrected chi connectivity index (χ4v) is 5.70. The number of carbonyl (C=O) groups is 2. The van der Waals surface area contributed by atoms with Crippen LogP contribution in [-0.2, 0) is 32.6 Å². The average Bonchev–Trinajstić information content (AvgIpc) is 2.94. The molecule has 0 unspecified atom stereocenters. The highest BCUT2D eigenvalue weighted by molar-refractivity contribution is 7.92. The minimum atomic E-state index is -3.56. The van der Waals surface area contributed by atoms with Gasteiger partial charge in [0.15, 0.2) is 0 Å². The first-order valence-corrected chi connectivity index (χ1v) is 15.7. The van der Waals surface area contributed by atoms with Crippen molar-refractivity contribution in [2.24, 2.45) is 0 Å². The Morgan fingerprint density at radius 2 is 1.50 bits per heavy atom. The molecule has 0 saturated carbocycles. The van der Waals surface area contributed by atoms with E-state index in [4.69, 9.17) is 0 Å². The van der Waals surface area contributed by atoms with Crippen LogP contribution in [0.25, 0.3) is 0 Å². The van der Waals surface area contributed by atoms with E-state index in [9.17, 15) is 18.0 Å². The van der Waals surface area contributed by atoms with Crippen molar-refractivity contribution in [3.63, 3.8) is 0 Å². The second kappa shape index (κ2) is 14.7. The molecule has 7 nitrogen and oxygen atoms in total. The molecule has 0 bridgehead atoms. The Labute approximate surface area is 239 Å². The van der Waals surface area contributed by atoms with E-state index in [0.29, 0.717) is 25.1 Å². The molecule has 0 radical (unpaired) electrons. The van der Waals surface area contributed by atoms with Crippen molar-refractivity contribution in [1.29, 1.82) is 0 Å². The number of nitrogens with one attached hydrogen (secondary N) is 1. The molecule has 1 atom stereocenters. The maximum atomic E-state index is 13.8. The molecule has 3 aromatic carbocycles. The second-order valence-electron chi connectivity index (χ2n) is 10.2. The molecule has 0 aliphatic rings. The van der Waals surface area contributed by atoms with Crippen LogP contribution in [0.15, 0.2) is 78.9 Å². The fraction of sp³-hybridized carbons (Fsp3) is 0.375. The summed E-state index contributed by atoms with van der Waals surface area (Å²) in [4.78, 5) is 28.9. The van der Waals surface area contributed by atoms with Gasteiger partial charge in [-0.15, -0.1) is 0 Å². The lowest BCUT2D eigenvalue weighted by Gasteiger charge is -2.32. The van der Waals surface area contributed by atoms with Crippen LogP contribution in [0.1, 0.15) is 48.4 Å². The van der Waals surface area contributed by atoms with Gasteiger partial charge in [0.25, 0.3) is 0 Å². The topological polar surface area (TPSA) is 86.8 Å². The van der Waals surface area contributed by atoms with E-state index in [0.717, 1.165) is 28.7 Å². The Morgan fingerprint density at radius 3 is 2.10 bits per heavy atom. The summed E-state index contributed by atoms with van der Waals surface area (Å²) in [5, 5.41) is 2.98. The molecule has 0 aromatic heterocycles. The molecule has 0 fully saturated rings. The van der Waals surface area contributed by atoms with Gasteiger partial charge in [-0.05, 0) is 55.0 Å². The Balaban J connectivity index is 1.86. The zero-order valence-corrected chi connectivity index (χ0v) is 24.8. The van der Waals surface area contributed by atoms with Gasteiger partial charge in [-0.3, -0.25) is 13.9 Å². The normalized spacial score (nSPS) is 12.0. The van der Waals surface area contributed by atoms with E-state index in [1.807, 2.05) is 93.6 Å². The van der Waals surface area contributed by atoms with Gasteiger partial charge in [0.05, 0.1) is 11.9 Å². The van der Waals surface area contributed by atoms with Crippen molar-refractivity contribution in [3.8, 4) is 0 Å². The van der Waals surface area contributed by atoms with Crippen molar-refractivity contribution < 1.29 is 18.0 Å².